The molecule has 0 aliphatic heterocycles. The van der Waals surface area contributed by atoms with Gasteiger partial charge in [0.25, 0.3) is 0 Å². The number of benzene rings is 2. The van der Waals surface area contributed by atoms with Gasteiger partial charge in [0.05, 0.1) is 11.4 Å². The van der Waals surface area contributed by atoms with Gasteiger partial charge >= 0.3 is 6.03 Å². The summed E-state index contributed by atoms with van der Waals surface area (Å²) in [5, 5.41) is 5.41. The lowest BCUT2D eigenvalue weighted by Gasteiger charge is -2.31. The highest BCUT2D eigenvalue weighted by atomic mass is 19.1. The lowest BCUT2D eigenvalue weighted by atomic mass is 9.92. The van der Waals surface area contributed by atoms with Gasteiger partial charge in [-0.15, -0.1) is 0 Å². The molecule has 0 fully saturated rings. The number of nitrogens with one attached hydrogen (secondary N) is 2. The summed E-state index contributed by atoms with van der Waals surface area (Å²) < 4.78 is 29.5. The number of halogens is 2. The van der Waals surface area contributed by atoms with Crippen molar-refractivity contribution in [3.05, 3.63) is 53.1 Å². The summed E-state index contributed by atoms with van der Waals surface area (Å²) in [6, 6.07) is 7.05. The van der Waals surface area contributed by atoms with Gasteiger partial charge < -0.3 is 20.3 Å². The van der Waals surface area contributed by atoms with Crippen molar-refractivity contribution in [2.45, 2.75) is 60.3 Å². The second-order valence-electron chi connectivity index (χ2n) is 9.64. The standard InChI is InChI=1S/C27H37F2N3O2/c1-7-20(10-11-33)21-12-24(29)26(32(15-17(2)3)16-18(4)5)25(13-21)31-27(34)30-22-9-8-19(6)23(28)14-22/h8-9,11-14,17-18,20H,7,10,15-16H2,1-6H3,(H2,30,31,34). The number of amides is 2. The van der Waals surface area contributed by atoms with E-state index >= 15 is 4.39 Å². The Morgan fingerprint density at radius 1 is 1.00 bits per heavy atom. The van der Waals surface area contributed by atoms with Crippen LogP contribution in [-0.4, -0.2) is 25.4 Å². The second kappa shape index (κ2) is 12.5. The summed E-state index contributed by atoms with van der Waals surface area (Å²) in [6.45, 7) is 13.0. The molecular weight excluding hydrogens is 436 g/mol. The maximum atomic E-state index is 15.6. The Labute approximate surface area is 201 Å². The molecule has 5 nitrogen and oxygen atoms in total. The van der Waals surface area contributed by atoms with E-state index in [0.717, 1.165) is 6.29 Å². The van der Waals surface area contributed by atoms with Crippen molar-refractivity contribution in [3.8, 4) is 0 Å². The van der Waals surface area contributed by atoms with E-state index < -0.39 is 17.7 Å². The van der Waals surface area contributed by atoms with Crippen LogP contribution in [0.2, 0.25) is 0 Å². The highest BCUT2D eigenvalue weighted by Gasteiger charge is 2.23. The van der Waals surface area contributed by atoms with E-state index in [0.29, 0.717) is 47.7 Å². The predicted molar refractivity (Wildman–Crippen MR) is 136 cm³/mol. The van der Waals surface area contributed by atoms with Crippen LogP contribution in [0.3, 0.4) is 0 Å². The molecule has 0 aromatic heterocycles. The zero-order chi connectivity index (χ0) is 25.4. The molecule has 0 bridgehead atoms. The first-order valence-electron chi connectivity index (χ1n) is 11.9. The number of aryl methyl sites for hydroxylation is 1. The third kappa shape index (κ3) is 7.54. The lowest BCUT2D eigenvalue weighted by Crippen LogP contribution is -2.33. The molecule has 0 aliphatic rings. The average Bonchev–Trinajstić information content (AvgIpc) is 2.73. The third-order valence-electron chi connectivity index (χ3n) is 5.60. The van der Waals surface area contributed by atoms with Gasteiger partial charge in [0, 0.05) is 25.2 Å². The molecule has 2 aromatic carbocycles. The molecular formula is C27H37F2N3O2. The van der Waals surface area contributed by atoms with Crippen molar-refractivity contribution in [3.63, 3.8) is 0 Å². The molecule has 2 aromatic rings. The van der Waals surface area contributed by atoms with Gasteiger partial charge in [-0.05, 0) is 66.5 Å². The minimum atomic E-state index is -0.599. The molecule has 2 rings (SSSR count). The van der Waals surface area contributed by atoms with E-state index in [1.165, 1.54) is 12.1 Å². The third-order valence-corrected chi connectivity index (χ3v) is 5.60. The molecule has 7 heteroatoms. The number of anilines is 3. The fourth-order valence-corrected chi connectivity index (χ4v) is 4.02. The second-order valence-corrected chi connectivity index (χ2v) is 9.64. The van der Waals surface area contributed by atoms with Gasteiger partial charge in [-0.3, -0.25) is 0 Å². The normalized spacial score (nSPS) is 12.1. The number of rotatable bonds is 11. The Bertz CT molecular complexity index is 982. The molecule has 1 unspecified atom stereocenters. The van der Waals surface area contributed by atoms with Gasteiger partial charge in [0.2, 0.25) is 0 Å². The molecule has 0 aliphatic carbocycles. The predicted octanol–water partition coefficient (Wildman–Crippen LogP) is 7.12. The number of carbonyl (C=O) groups excluding carboxylic acids is 2. The molecule has 0 saturated heterocycles. The van der Waals surface area contributed by atoms with Gasteiger partial charge in [-0.25, -0.2) is 13.6 Å². The quantitative estimate of drug-likeness (QED) is 0.342. The molecule has 2 amide bonds. The van der Waals surface area contributed by atoms with E-state index in [-0.39, 0.29) is 24.2 Å². The zero-order valence-corrected chi connectivity index (χ0v) is 21.0. The number of nitrogens with zero attached hydrogens (tertiary/aromatic N) is 1. The van der Waals surface area contributed by atoms with Crippen LogP contribution in [0.15, 0.2) is 30.3 Å². The van der Waals surface area contributed by atoms with Crippen LogP contribution >= 0.6 is 0 Å². The van der Waals surface area contributed by atoms with Crippen LogP contribution < -0.4 is 15.5 Å². The smallest absolute Gasteiger partial charge is 0.323 e. The van der Waals surface area contributed by atoms with E-state index in [9.17, 15) is 14.0 Å². The summed E-state index contributed by atoms with van der Waals surface area (Å²) in [4.78, 5) is 26.0. The first-order valence-corrected chi connectivity index (χ1v) is 11.9. The van der Waals surface area contributed by atoms with Crippen LogP contribution in [0.4, 0.5) is 30.6 Å². The van der Waals surface area contributed by atoms with Crippen molar-refractivity contribution in [2.75, 3.05) is 28.6 Å². The number of hydrogen-bond acceptors (Lipinski definition) is 3. The first-order chi connectivity index (χ1) is 16.0. The zero-order valence-electron chi connectivity index (χ0n) is 21.0. The molecule has 0 heterocycles. The van der Waals surface area contributed by atoms with Crippen molar-refractivity contribution >= 4 is 29.4 Å². The number of urea groups is 1. The van der Waals surface area contributed by atoms with Gasteiger partial charge in [0.15, 0.2) is 0 Å². The van der Waals surface area contributed by atoms with Crippen molar-refractivity contribution in [2.24, 2.45) is 11.8 Å². The number of aldehydes is 1. The topological polar surface area (TPSA) is 61.4 Å². The highest BCUT2D eigenvalue weighted by Crippen LogP contribution is 2.36. The Morgan fingerprint density at radius 2 is 1.65 bits per heavy atom. The van der Waals surface area contributed by atoms with E-state index in [1.807, 2.05) is 11.8 Å². The van der Waals surface area contributed by atoms with Crippen molar-refractivity contribution < 1.29 is 18.4 Å². The van der Waals surface area contributed by atoms with E-state index in [2.05, 4.69) is 38.3 Å². The SMILES string of the molecule is CCC(CC=O)c1cc(F)c(N(CC(C)C)CC(C)C)c(NC(=O)Nc2ccc(C)c(F)c2)c1. The summed E-state index contributed by atoms with van der Waals surface area (Å²) in [5.74, 6) is -0.479. The first kappa shape index (κ1) is 27.3. The van der Waals surface area contributed by atoms with Gasteiger partial charge in [-0.2, -0.15) is 0 Å². The molecule has 0 saturated carbocycles. The highest BCUT2D eigenvalue weighted by molar-refractivity contribution is 6.02. The molecule has 0 spiro atoms. The molecule has 0 radical (unpaired) electrons. The lowest BCUT2D eigenvalue weighted by molar-refractivity contribution is -0.108. The summed E-state index contributed by atoms with van der Waals surface area (Å²) in [6.07, 6.45) is 1.76. The van der Waals surface area contributed by atoms with Gasteiger partial charge in [0.1, 0.15) is 17.9 Å². The summed E-state index contributed by atoms with van der Waals surface area (Å²) in [5.41, 5.74) is 2.07. The van der Waals surface area contributed by atoms with Crippen LogP contribution in [-0.2, 0) is 4.79 Å². The Morgan fingerprint density at radius 3 is 2.18 bits per heavy atom. The Hall–Kier alpha value is -2.96. The fourth-order valence-electron chi connectivity index (χ4n) is 4.02. The van der Waals surface area contributed by atoms with E-state index in [1.54, 1.807) is 25.1 Å². The molecule has 2 N–H and O–H groups in total. The van der Waals surface area contributed by atoms with Crippen LogP contribution in [0.5, 0.6) is 0 Å². The molecule has 34 heavy (non-hydrogen) atoms. The molecule has 186 valence electrons. The minimum Gasteiger partial charge on any atom is -0.367 e. The summed E-state index contributed by atoms with van der Waals surface area (Å²) >= 11 is 0. The Balaban J connectivity index is 2.50. The van der Waals surface area contributed by atoms with Crippen molar-refractivity contribution in [1.82, 2.24) is 0 Å². The summed E-state index contributed by atoms with van der Waals surface area (Å²) in [7, 11) is 0. The largest absolute Gasteiger partial charge is 0.367 e. The van der Waals surface area contributed by atoms with Crippen LogP contribution in [0.25, 0.3) is 0 Å². The van der Waals surface area contributed by atoms with Crippen LogP contribution in [0, 0.1) is 30.4 Å². The van der Waals surface area contributed by atoms with Gasteiger partial charge in [-0.1, -0.05) is 40.7 Å². The number of hydrogen-bond donors (Lipinski definition) is 2. The monoisotopic (exact) mass is 473 g/mol. The average molecular weight is 474 g/mol. The van der Waals surface area contributed by atoms with Crippen LogP contribution in [0.1, 0.15) is 64.5 Å². The maximum Gasteiger partial charge on any atom is 0.323 e. The van der Waals surface area contributed by atoms with Crippen molar-refractivity contribution in [1.29, 1.82) is 0 Å². The maximum absolute atomic E-state index is 15.6. The minimum absolute atomic E-state index is 0.153. The Kier molecular flexibility index (Phi) is 10.0. The fraction of sp³-hybridized carbons (Fsp3) is 0.481. The number of carbonyl (C=O) groups is 2. The van der Waals surface area contributed by atoms with E-state index in [4.69, 9.17) is 0 Å². The molecule has 1 atom stereocenters.